The molecule has 0 aromatic carbocycles. The molecule has 0 bridgehead atoms. The van der Waals surface area contributed by atoms with Gasteiger partial charge in [-0.15, -0.1) is 0 Å². The molecule has 0 amide bonds. The summed E-state index contributed by atoms with van der Waals surface area (Å²) in [5.41, 5.74) is 3.29. The van der Waals surface area contributed by atoms with E-state index in [-0.39, 0.29) is 0 Å². The molecule has 0 aromatic heterocycles. The van der Waals surface area contributed by atoms with Crippen molar-refractivity contribution in [2.24, 2.45) is 0 Å². The van der Waals surface area contributed by atoms with Crippen molar-refractivity contribution in [1.82, 2.24) is 3.11 Å². The number of alkyl halides is 1. The second-order valence-corrected chi connectivity index (χ2v) is 4.21. The van der Waals surface area contributed by atoms with Crippen molar-refractivity contribution in [3.63, 3.8) is 0 Å². The minimum absolute atomic E-state index is 0.504. The summed E-state index contributed by atoms with van der Waals surface area (Å²) < 4.78 is 15.0. The summed E-state index contributed by atoms with van der Waals surface area (Å²) in [7, 11) is 0. The predicted octanol–water partition coefficient (Wildman–Crippen LogP) is 2.76. The molecule has 0 radical (unpaired) electrons. The van der Waals surface area contributed by atoms with E-state index in [4.69, 9.17) is 0 Å². The van der Waals surface area contributed by atoms with Gasteiger partial charge >= 0.3 is 0 Å². The minimum Gasteiger partial charge on any atom is -0.311 e. The minimum atomic E-state index is -0.816. The molecule has 1 aliphatic heterocycles. The maximum absolute atomic E-state index is 12.9. The van der Waals surface area contributed by atoms with Gasteiger partial charge in [-0.1, -0.05) is 18.7 Å². The number of rotatable bonds is 0. The van der Waals surface area contributed by atoms with E-state index in [1.807, 2.05) is 9.19 Å². The molecule has 2 rings (SSSR count). The molecule has 0 saturated carbocycles. The lowest BCUT2D eigenvalue weighted by molar-refractivity contribution is 0.395. The first kappa shape index (κ1) is 8.29. The Hall–Kier alpha value is -0.320. The van der Waals surface area contributed by atoms with Crippen molar-refractivity contribution in [2.75, 3.05) is 6.54 Å². The standard InChI is InChI=1S/C9H9FIN/c1-6-9-4-8(10)3-2-7(9)5-12(6)11/h2-3,8H,1,4-5H2/t8-/m0/s1. The van der Waals surface area contributed by atoms with Crippen LogP contribution in [0.3, 0.4) is 0 Å². The third-order valence-electron chi connectivity index (χ3n) is 2.24. The third-order valence-corrected chi connectivity index (χ3v) is 3.17. The fourth-order valence-corrected chi connectivity index (χ4v) is 2.22. The molecule has 0 fully saturated rings. The molecule has 0 aromatic rings. The Kier molecular flexibility index (Phi) is 1.98. The zero-order valence-corrected chi connectivity index (χ0v) is 8.71. The number of hydrogen-bond donors (Lipinski definition) is 0. The van der Waals surface area contributed by atoms with Crippen LogP contribution in [0.4, 0.5) is 4.39 Å². The first-order valence-electron chi connectivity index (χ1n) is 3.85. The van der Waals surface area contributed by atoms with Gasteiger partial charge in [0.15, 0.2) is 0 Å². The normalized spacial score (nSPS) is 28.3. The molecule has 1 heterocycles. The van der Waals surface area contributed by atoms with Crippen LogP contribution in [-0.2, 0) is 0 Å². The lowest BCUT2D eigenvalue weighted by atomic mass is 9.98. The molecular weight excluding hydrogens is 268 g/mol. The summed E-state index contributed by atoms with van der Waals surface area (Å²) in [5.74, 6) is 0. The number of hydrogen-bond acceptors (Lipinski definition) is 1. The predicted molar refractivity (Wildman–Crippen MR) is 55.5 cm³/mol. The van der Waals surface area contributed by atoms with E-state index in [0.717, 1.165) is 17.8 Å². The van der Waals surface area contributed by atoms with Crippen molar-refractivity contribution >= 4 is 22.9 Å². The Labute approximate surface area is 85.1 Å². The molecule has 1 nitrogen and oxygen atoms in total. The van der Waals surface area contributed by atoms with Gasteiger partial charge in [0.2, 0.25) is 0 Å². The van der Waals surface area contributed by atoms with Crippen LogP contribution in [0.1, 0.15) is 6.42 Å². The van der Waals surface area contributed by atoms with Crippen molar-refractivity contribution in [3.8, 4) is 0 Å². The van der Waals surface area contributed by atoms with E-state index in [1.54, 1.807) is 6.08 Å². The van der Waals surface area contributed by atoms with Gasteiger partial charge in [-0.05, 0) is 11.1 Å². The van der Waals surface area contributed by atoms with Crippen LogP contribution in [0.2, 0.25) is 0 Å². The summed E-state index contributed by atoms with van der Waals surface area (Å²) in [6.07, 6.45) is 3.20. The van der Waals surface area contributed by atoms with Crippen molar-refractivity contribution < 1.29 is 4.39 Å². The molecule has 3 heteroatoms. The van der Waals surface area contributed by atoms with Crippen LogP contribution in [0.5, 0.6) is 0 Å². The van der Waals surface area contributed by atoms with E-state index in [2.05, 4.69) is 29.4 Å². The second-order valence-electron chi connectivity index (χ2n) is 3.05. The third kappa shape index (κ3) is 1.20. The monoisotopic (exact) mass is 277 g/mol. The Morgan fingerprint density at radius 1 is 1.67 bits per heavy atom. The van der Waals surface area contributed by atoms with Gasteiger partial charge < -0.3 is 3.11 Å². The largest absolute Gasteiger partial charge is 0.311 e. The molecule has 64 valence electrons. The number of halogens is 2. The van der Waals surface area contributed by atoms with Crippen LogP contribution in [0, 0.1) is 0 Å². The highest BCUT2D eigenvalue weighted by Crippen LogP contribution is 2.36. The Bertz CT molecular complexity index is 293. The topological polar surface area (TPSA) is 3.24 Å². The average Bonchev–Trinajstić information content (AvgIpc) is 2.31. The summed E-state index contributed by atoms with van der Waals surface area (Å²) in [6.45, 7) is 4.79. The van der Waals surface area contributed by atoms with Crippen LogP contribution in [0.25, 0.3) is 0 Å². The van der Waals surface area contributed by atoms with Crippen LogP contribution in [-0.4, -0.2) is 15.8 Å². The molecule has 0 saturated heterocycles. The lowest BCUT2D eigenvalue weighted by Crippen LogP contribution is -2.04. The van der Waals surface area contributed by atoms with Gasteiger partial charge in [0.1, 0.15) is 6.17 Å². The average molecular weight is 277 g/mol. The molecule has 0 unspecified atom stereocenters. The highest BCUT2D eigenvalue weighted by atomic mass is 127. The molecule has 0 N–H and O–H groups in total. The highest BCUT2D eigenvalue weighted by molar-refractivity contribution is 14.1. The fourth-order valence-electron chi connectivity index (χ4n) is 1.56. The zero-order chi connectivity index (χ0) is 8.72. The SMILES string of the molecule is C=C1C2=C(C=C[C@H](F)C2)CN1I. The summed E-state index contributed by atoms with van der Waals surface area (Å²) in [4.78, 5) is 0. The first-order chi connectivity index (χ1) is 5.68. The summed E-state index contributed by atoms with van der Waals surface area (Å²) in [6, 6.07) is 0. The van der Waals surface area contributed by atoms with Crippen molar-refractivity contribution in [2.45, 2.75) is 12.6 Å². The van der Waals surface area contributed by atoms with Gasteiger partial charge in [0.05, 0.1) is 29.4 Å². The van der Waals surface area contributed by atoms with E-state index in [0.29, 0.717) is 6.42 Å². The summed E-state index contributed by atoms with van der Waals surface area (Å²) in [5, 5.41) is 0. The fraction of sp³-hybridized carbons (Fsp3) is 0.333. The second kappa shape index (κ2) is 2.87. The Morgan fingerprint density at radius 2 is 2.42 bits per heavy atom. The molecule has 1 aliphatic carbocycles. The van der Waals surface area contributed by atoms with E-state index in [1.165, 1.54) is 5.57 Å². The van der Waals surface area contributed by atoms with Crippen LogP contribution < -0.4 is 0 Å². The van der Waals surface area contributed by atoms with E-state index < -0.39 is 6.17 Å². The first-order valence-corrected chi connectivity index (χ1v) is 4.82. The lowest BCUT2D eigenvalue weighted by Gasteiger charge is -2.12. The van der Waals surface area contributed by atoms with E-state index >= 15 is 0 Å². The van der Waals surface area contributed by atoms with Gasteiger partial charge in [-0.2, -0.15) is 0 Å². The van der Waals surface area contributed by atoms with Gasteiger partial charge in [0.25, 0.3) is 0 Å². The maximum Gasteiger partial charge on any atom is 0.123 e. The highest BCUT2D eigenvalue weighted by Gasteiger charge is 2.26. The van der Waals surface area contributed by atoms with Crippen molar-refractivity contribution in [1.29, 1.82) is 0 Å². The van der Waals surface area contributed by atoms with Crippen molar-refractivity contribution in [3.05, 3.63) is 35.6 Å². The Morgan fingerprint density at radius 3 is 3.17 bits per heavy atom. The molecular formula is C9H9FIN. The number of allylic oxidation sites excluding steroid dienone is 2. The van der Waals surface area contributed by atoms with Gasteiger partial charge in [-0.3, -0.25) is 0 Å². The zero-order valence-electron chi connectivity index (χ0n) is 6.56. The smallest absolute Gasteiger partial charge is 0.123 e. The summed E-state index contributed by atoms with van der Waals surface area (Å²) >= 11 is 2.21. The van der Waals surface area contributed by atoms with Gasteiger partial charge in [-0.25, -0.2) is 4.39 Å². The molecule has 1 atom stereocenters. The molecule has 12 heavy (non-hydrogen) atoms. The molecule has 2 aliphatic rings. The van der Waals surface area contributed by atoms with Crippen LogP contribution in [0.15, 0.2) is 35.6 Å². The quantitative estimate of drug-likeness (QED) is 0.486. The van der Waals surface area contributed by atoms with Crippen LogP contribution >= 0.6 is 22.9 Å². The number of nitrogens with zero attached hydrogens (tertiary/aromatic N) is 1. The maximum atomic E-state index is 12.9. The van der Waals surface area contributed by atoms with Gasteiger partial charge in [0, 0.05) is 12.1 Å². The molecule has 0 spiro atoms. The van der Waals surface area contributed by atoms with E-state index in [9.17, 15) is 4.39 Å². The Balaban J connectivity index is 2.31.